The highest BCUT2D eigenvalue weighted by Gasteiger charge is 2.07. The lowest BCUT2D eigenvalue weighted by Crippen LogP contribution is -2.38. The van der Waals surface area contributed by atoms with Gasteiger partial charge in [0, 0.05) is 33.8 Å². The van der Waals surface area contributed by atoms with Crippen molar-refractivity contribution in [3.05, 3.63) is 26.9 Å². The zero-order valence-electron chi connectivity index (χ0n) is 11.4. The lowest BCUT2D eigenvalue weighted by molar-refractivity contribution is 0.558. The quantitative estimate of drug-likeness (QED) is 0.568. The number of nitrogens with zero attached hydrogens (tertiary/aromatic N) is 4. The summed E-state index contributed by atoms with van der Waals surface area (Å²) in [5, 5.41) is 0. The molecule has 0 aliphatic rings. The van der Waals surface area contributed by atoms with Crippen LogP contribution in [0.1, 0.15) is 19.8 Å². The minimum absolute atomic E-state index is 0.294. The van der Waals surface area contributed by atoms with Crippen molar-refractivity contribution in [3.63, 3.8) is 0 Å². The van der Waals surface area contributed by atoms with Gasteiger partial charge in [-0.2, -0.15) is 0 Å². The van der Waals surface area contributed by atoms with E-state index in [1.54, 1.807) is 18.3 Å². The van der Waals surface area contributed by atoms with Crippen LogP contribution in [0.25, 0.3) is 0 Å². The van der Waals surface area contributed by atoms with E-state index in [-0.39, 0.29) is 11.2 Å². The van der Waals surface area contributed by atoms with Crippen LogP contribution in [0.3, 0.4) is 0 Å². The van der Waals surface area contributed by atoms with Crippen LogP contribution >= 0.6 is 0 Å². The minimum Gasteiger partial charge on any atom is -0.369 e. The van der Waals surface area contributed by atoms with Gasteiger partial charge in [0.1, 0.15) is 5.82 Å². The molecule has 1 aromatic rings. The number of aliphatic imine (C=N–C) groups is 1. The van der Waals surface area contributed by atoms with Crippen LogP contribution in [0, 0.1) is 0 Å². The molecule has 0 aliphatic heterocycles. The molecule has 1 heterocycles. The van der Waals surface area contributed by atoms with Crippen LogP contribution in [-0.2, 0) is 13.6 Å². The summed E-state index contributed by atoms with van der Waals surface area (Å²) in [5.41, 5.74) is -0.612. The predicted octanol–water partition coefficient (Wildman–Crippen LogP) is 0.568. The second kappa shape index (κ2) is 6.18. The molecule has 0 N–H and O–H groups in total. The van der Waals surface area contributed by atoms with Gasteiger partial charge >= 0.3 is 5.69 Å². The van der Waals surface area contributed by atoms with Crippen LogP contribution in [0.2, 0.25) is 0 Å². The second-order valence-corrected chi connectivity index (χ2v) is 4.40. The van der Waals surface area contributed by atoms with Gasteiger partial charge < -0.3 is 4.90 Å². The predicted molar refractivity (Wildman–Crippen MR) is 72.7 cm³/mol. The van der Waals surface area contributed by atoms with Gasteiger partial charge in [0.2, 0.25) is 0 Å². The summed E-state index contributed by atoms with van der Waals surface area (Å²) in [4.78, 5) is 29.7. The summed E-state index contributed by atoms with van der Waals surface area (Å²) in [6, 6.07) is 1.39. The van der Waals surface area contributed by atoms with Gasteiger partial charge in [-0.1, -0.05) is 13.3 Å². The third-order valence-electron chi connectivity index (χ3n) is 2.54. The fraction of sp³-hybridized carbons (Fsp3) is 0.583. The zero-order valence-corrected chi connectivity index (χ0v) is 11.4. The lowest BCUT2D eigenvalue weighted by atomic mass is 10.3. The largest absolute Gasteiger partial charge is 0.369 e. The van der Waals surface area contributed by atoms with Crippen molar-refractivity contribution in [1.29, 1.82) is 0 Å². The fourth-order valence-electron chi connectivity index (χ4n) is 1.48. The van der Waals surface area contributed by atoms with Gasteiger partial charge in [-0.15, -0.1) is 0 Å². The first kappa shape index (κ1) is 14.2. The maximum atomic E-state index is 12.0. The minimum atomic E-state index is -0.318. The number of rotatable bonds is 5. The Kier molecular flexibility index (Phi) is 4.88. The highest BCUT2D eigenvalue weighted by Crippen LogP contribution is 2.03. The first-order valence-electron chi connectivity index (χ1n) is 5.99. The molecule has 0 saturated heterocycles. The highest BCUT2D eigenvalue weighted by molar-refractivity contribution is 5.58. The molecule has 6 heteroatoms. The zero-order chi connectivity index (χ0) is 13.7. The molecule has 0 aliphatic carbocycles. The van der Waals surface area contributed by atoms with Crippen molar-refractivity contribution in [2.45, 2.75) is 26.3 Å². The van der Waals surface area contributed by atoms with E-state index in [2.05, 4.69) is 4.99 Å². The molecule has 0 unspecified atom stereocenters. The van der Waals surface area contributed by atoms with Gasteiger partial charge in [0.15, 0.2) is 0 Å². The summed E-state index contributed by atoms with van der Waals surface area (Å²) >= 11 is 0. The molecule has 0 atom stereocenters. The van der Waals surface area contributed by atoms with Crippen LogP contribution in [0.4, 0.5) is 5.82 Å². The third kappa shape index (κ3) is 3.32. The Bertz CT molecular complexity index is 540. The molecule has 0 fully saturated rings. The first-order valence-corrected chi connectivity index (χ1v) is 5.99. The molecule has 0 amide bonds. The third-order valence-corrected chi connectivity index (χ3v) is 2.54. The molecule has 1 aromatic heterocycles. The van der Waals surface area contributed by atoms with Gasteiger partial charge in [0.25, 0.3) is 5.56 Å². The van der Waals surface area contributed by atoms with Gasteiger partial charge in [-0.25, -0.2) is 9.79 Å². The molecule has 0 aromatic carbocycles. The number of hydrogen-bond donors (Lipinski definition) is 0. The van der Waals surface area contributed by atoms with Crippen LogP contribution < -0.4 is 11.2 Å². The Balaban J connectivity index is 3.20. The Hall–Kier alpha value is -1.85. The number of hydrogen-bond acceptors (Lipinski definition) is 3. The fourth-order valence-corrected chi connectivity index (χ4v) is 1.48. The normalized spacial score (nSPS) is 11.1. The Morgan fingerprint density at radius 3 is 2.61 bits per heavy atom. The average Bonchev–Trinajstić information content (AvgIpc) is 2.32. The maximum Gasteiger partial charge on any atom is 0.332 e. The van der Waals surface area contributed by atoms with Crippen molar-refractivity contribution in [1.82, 2.24) is 14.0 Å². The second-order valence-electron chi connectivity index (χ2n) is 4.40. The van der Waals surface area contributed by atoms with Crippen LogP contribution in [0.5, 0.6) is 0 Å². The van der Waals surface area contributed by atoms with Crippen LogP contribution in [0.15, 0.2) is 20.6 Å². The van der Waals surface area contributed by atoms with Crippen molar-refractivity contribution in [2.75, 3.05) is 14.1 Å². The Labute approximate surface area is 106 Å². The summed E-state index contributed by atoms with van der Waals surface area (Å²) in [5.74, 6) is 0.367. The van der Waals surface area contributed by atoms with E-state index in [4.69, 9.17) is 0 Å². The molecule has 0 radical (unpaired) electrons. The van der Waals surface area contributed by atoms with E-state index in [9.17, 15) is 9.59 Å². The Morgan fingerprint density at radius 2 is 2.06 bits per heavy atom. The monoisotopic (exact) mass is 252 g/mol. The smallest absolute Gasteiger partial charge is 0.332 e. The molecule has 18 heavy (non-hydrogen) atoms. The molecule has 100 valence electrons. The Morgan fingerprint density at radius 1 is 1.39 bits per heavy atom. The van der Waals surface area contributed by atoms with E-state index >= 15 is 0 Å². The van der Waals surface area contributed by atoms with E-state index in [0.717, 1.165) is 12.8 Å². The van der Waals surface area contributed by atoms with Crippen molar-refractivity contribution in [2.24, 2.45) is 12.0 Å². The summed E-state index contributed by atoms with van der Waals surface area (Å²) in [6.45, 7) is 2.48. The van der Waals surface area contributed by atoms with Gasteiger partial charge in [-0.05, 0) is 6.42 Å². The molecular weight excluding hydrogens is 232 g/mol. The SMILES string of the molecule is CCCCn1c(=O)cc(/N=C/N(C)C)n(C)c1=O. The van der Waals surface area contributed by atoms with Gasteiger partial charge in [-0.3, -0.25) is 13.9 Å². The maximum absolute atomic E-state index is 12.0. The first-order chi connectivity index (χ1) is 8.47. The van der Waals surface area contributed by atoms with Crippen molar-refractivity contribution >= 4 is 12.2 Å². The summed E-state index contributed by atoms with van der Waals surface area (Å²) in [7, 11) is 5.26. The van der Waals surface area contributed by atoms with E-state index < -0.39 is 0 Å². The molecule has 0 saturated carbocycles. The average molecular weight is 252 g/mol. The van der Waals surface area contributed by atoms with E-state index in [1.165, 1.54) is 15.2 Å². The number of aromatic nitrogens is 2. The summed E-state index contributed by atoms with van der Waals surface area (Å²) in [6.07, 6.45) is 3.32. The standard InChI is InChI=1S/C12H20N4O2/c1-5-6-7-16-11(17)8-10(13-9-14(2)3)15(4)12(16)18/h8-9H,5-7H2,1-4H3/b13-9+. The van der Waals surface area contributed by atoms with Crippen LogP contribution in [-0.4, -0.2) is 34.5 Å². The van der Waals surface area contributed by atoms with Crippen molar-refractivity contribution < 1.29 is 0 Å². The lowest BCUT2D eigenvalue weighted by Gasteiger charge is -2.09. The topological polar surface area (TPSA) is 59.6 Å². The van der Waals surface area contributed by atoms with Gasteiger partial charge in [0.05, 0.1) is 6.34 Å². The molecule has 0 bridgehead atoms. The number of unbranched alkanes of at least 4 members (excludes halogenated alkanes) is 1. The summed E-state index contributed by atoms with van der Waals surface area (Å²) < 4.78 is 2.63. The van der Waals surface area contributed by atoms with E-state index in [0.29, 0.717) is 12.4 Å². The molecule has 6 nitrogen and oxygen atoms in total. The molecular formula is C12H20N4O2. The van der Waals surface area contributed by atoms with E-state index in [1.807, 2.05) is 21.0 Å². The molecule has 0 spiro atoms. The molecule has 1 rings (SSSR count). The van der Waals surface area contributed by atoms with Crippen molar-refractivity contribution in [3.8, 4) is 0 Å². The highest BCUT2D eigenvalue weighted by atomic mass is 16.2.